The predicted molar refractivity (Wildman–Crippen MR) is 76.1 cm³/mol. The number of nitrogens with zero attached hydrogens (tertiary/aromatic N) is 3. The van der Waals surface area contributed by atoms with Gasteiger partial charge in [-0.1, -0.05) is 30.7 Å². The highest BCUT2D eigenvalue weighted by molar-refractivity contribution is 5.73. The van der Waals surface area contributed by atoms with E-state index in [1.807, 2.05) is 28.9 Å². The van der Waals surface area contributed by atoms with Crippen LogP contribution in [0.1, 0.15) is 19.8 Å². The molecule has 1 N–H and O–H groups in total. The Morgan fingerprint density at radius 3 is 3.00 bits per heavy atom. The number of rotatable bonds is 9. The van der Waals surface area contributed by atoms with Gasteiger partial charge >= 0.3 is 0 Å². The molecule has 0 spiro atoms. The van der Waals surface area contributed by atoms with E-state index < -0.39 is 0 Å². The summed E-state index contributed by atoms with van der Waals surface area (Å²) in [6.07, 6.45) is 2.33. The minimum atomic E-state index is 0.776. The second-order valence-corrected chi connectivity index (χ2v) is 4.52. The van der Waals surface area contributed by atoms with Gasteiger partial charge in [0.2, 0.25) is 0 Å². The lowest BCUT2D eigenvalue weighted by Gasteiger charge is -2.06. The largest absolute Gasteiger partial charge is 0.380 e. The minimum absolute atomic E-state index is 0.776. The van der Waals surface area contributed by atoms with Gasteiger partial charge in [-0.05, 0) is 18.6 Å². The van der Waals surface area contributed by atoms with Crippen molar-refractivity contribution in [3.63, 3.8) is 0 Å². The number of para-hydroxylation sites is 1. The summed E-state index contributed by atoms with van der Waals surface area (Å²) >= 11 is 0. The van der Waals surface area contributed by atoms with E-state index in [0.717, 1.165) is 50.3 Å². The fraction of sp³-hybridized carbons (Fsp3) is 0.571. The Morgan fingerprint density at radius 1 is 1.21 bits per heavy atom. The third-order valence-corrected chi connectivity index (χ3v) is 2.99. The monoisotopic (exact) mass is 262 g/mol. The summed E-state index contributed by atoms with van der Waals surface area (Å²) in [4.78, 5) is 0. The van der Waals surface area contributed by atoms with E-state index in [2.05, 4.69) is 22.6 Å². The molecule has 0 amide bonds. The van der Waals surface area contributed by atoms with Gasteiger partial charge in [-0.25, -0.2) is 4.68 Å². The average Bonchev–Trinajstić information content (AvgIpc) is 2.85. The van der Waals surface area contributed by atoms with Crippen LogP contribution in [0.2, 0.25) is 0 Å². The number of benzene rings is 1. The van der Waals surface area contributed by atoms with E-state index in [-0.39, 0.29) is 0 Å². The van der Waals surface area contributed by atoms with Crippen molar-refractivity contribution >= 4 is 11.0 Å². The SMILES string of the molecule is CCCCOCCNCCn1nnc2ccccc21. The van der Waals surface area contributed by atoms with E-state index in [0.29, 0.717) is 0 Å². The third kappa shape index (κ3) is 4.29. The van der Waals surface area contributed by atoms with Crippen LogP contribution in [0.4, 0.5) is 0 Å². The lowest BCUT2D eigenvalue weighted by molar-refractivity contribution is 0.133. The number of fused-ring (bicyclic) bond motifs is 1. The number of nitrogens with one attached hydrogen (secondary N) is 1. The molecule has 0 bridgehead atoms. The van der Waals surface area contributed by atoms with E-state index in [1.165, 1.54) is 6.42 Å². The number of unbranched alkanes of at least 4 members (excludes halogenated alkanes) is 1. The molecular formula is C14H22N4O. The van der Waals surface area contributed by atoms with Crippen LogP contribution in [0.3, 0.4) is 0 Å². The molecule has 1 aromatic carbocycles. The van der Waals surface area contributed by atoms with E-state index in [9.17, 15) is 0 Å². The molecule has 0 aliphatic carbocycles. The van der Waals surface area contributed by atoms with Crippen molar-refractivity contribution in [1.29, 1.82) is 0 Å². The minimum Gasteiger partial charge on any atom is -0.380 e. The summed E-state index contributed by atoms with van der Waals surface area (Å²) in [5.41, 5.74) is 2.04. The molecule has 19 heavy (non-hydrogen) atoms. The van der Waals surface area contributed by atoms with Gasteiger partial charge in [-0.15, -0.1) is 5.10 Å². The van der Waals surface area contributed by atoms with E-state index >= 15 is 0 Å². The first kappa shape index (κ1) is 14.0. The zero-order valence-electron chi connectivity index (χ0n) is 11.5. The van der Waals surface area contributed by atoms with Crippen LogP contribution < -0.4 is 5.32 Å². The Labute approximate surface area is 113 Å². The van der Waals surface area contributed by atoms with Crippen LogP contribution >= 0.6 is 0 Å². The summed E-state index contributed by atoms with van der Waals surface area (Å²) in [6, 6.07) is 8.02. The van der Waals surface area contributed by atoms with Crippen molar-refractivity contribution in [3.8, 4) is 0 Å². The topological polar surface area (TPSA) is 52.0 Å². The van der Waals surface area contributed by atoms with Crippen molar-refractivity contribution < 1.29 is 4.74 Å². The molecule has 5 nitrogen and oxygen atoms in total. The predicted octanol–water partition coefficient (Wildman–Crippen LogP) is 1.84. The number of hydrogen-bond donors (Lipinski definition) is 1. The van der Waals surface area contributed by atoms with E-state index in [4.69, 9.17) is 4.74 Å². The van der Waals surface area contributed by atoms with Crippen LogP contribution in [0.15, 0.2) is 24.3 Å². The van der Waals surface area contributed by atoms with Gasteiger partial charge < -0.3 is 10.1 Å². The number of hydrogen-bond acceptors (Lipinski definition) is 4. The molecular weight excluding hydrogens is 240 g/mol. The van der Waals surface area contributed by atoms with Gasteiger partial charge in [0.15, 0.2) is 0 Å². The molecule has 0 saturated heterocycles. The van der Waals surface area contributed by atoms with Crippen LogP contribution in [0, 0.1) is 0 Å². The zero-order valence-corrected chi connectivity index (χ0v) is 11.5. The van der Waals surface area contributed by atoms with Gasteiger partial charge in [-0.2, -0.15) is 0 Å². The summed E-state index contributed by atoms with van der Waals surface area (Å²) in [7, 11) is 0. The van der Waals surface area contributed by atoms with Crippen LogP contribution in [-0.4, -0.2) is 41.3 Å². The fourth-order valence-electron chi connectivity index (χ4n) is 1.89. The Morgan fingerprint density at radius 2 is 2.11 bits per heavy atom. The highest BCUT2D eigenvalue weighted by Crippen LogP contribution is 2.08. The van der Waals surface area contributed by atoms with Crippen molar-refractivity contribution in [2.24, 2.45) is 0 Å². The first-order chi connectivity index (χ1) is 9.42. The van der Waals surface area contributed by atoms with Gasteiger partial charge in [0.25, 0.3) is 0 Å². The molecule has 0 saturated carbocycles. The maximum absolute atomic E-state index is 5.48. The Bertz CT molecular complexity index is 483. The molecule has 0 unspecified atom stereocenters. The molecule has 0 radical (unpaired) electrons. The van der Waals surface area contributed by atoms with Crippen molar-refractivity contribution in [2.45, 2.75) is 26.3 Å². The highest BCUT2D eigenvalue weighted by atomic mass is 16.5. The van der Waals surface area contributed by atoms with Crippen molar-refractivity contribution in [1.82, 2.24) is 20.3 Å². The second kappa shape index (κ2) is 7.86. The molecule has 0 aliphatic heterocycles. The Balaban J connectivity index is 1.63. The molecule has 104 valence electrons. The molecule has 5 heteroatoms. The molecule has 1 heterocycles. The standard InChI is InChI=1S/C14H22N4O/c1-2-3-11-19-12-9-15-8-10-18-14-7-5-4-6-13(14)16-17-18/h4-7,15H,2-3,8-12H2,1H3. The van der Waals surface area contributed by atoms with Gasteiger partial charge in [0, 0.05) is 19.7 Å². The molecule has 0 aliphatic rings. The second-order valence-electron chi connectivity index (χ2n) is 4.52. The molecule has 0 fully saturated rings. The summed E-state index contributed by atoms with van der Waals surface area (Å²) in [6.45, 7) is 6.41. The smallest absolute Gasteiger partial charge is 0.113 e. The summed E-state index contributed by atoms with van der Waals surface area (Å²) in [5.74, 6) is 0. The van der Waals surface area contributed by atoms with Crippen molar-refractivity contribution in [3.05, 3.63) is 24.3 Å². The average molecular weight is 262 g/mol. The van der Waals surface area contributed by atoms with Crippen LogP contribution in [0.25, 0.3) is 11.0 Å². The molecule has 1 aromatic heterocycles. The van der Waals surface area contributed by atoms with Crippen LogP contribution in [-0.2, 0) is 11.3 Å². The summed E-state index contributed by atoms with van der Waals surface area (Å²) in [5, 5.41) is 11.6. The van der Waals surface area contributed by atoms with Gasteiger partial charge in [0.1, 0.15) is 5.52 Å². The Hall–Kier alpha value is -1.46. The quantitative estimate of drug-likeness (QED) is 0.701. The molecule has 2 rings (SSSR count). The van der Waals surface area contributed by atoms with Crippen molar-refractivity contribution in [2.75, 3.05) is 26.3 Å². The zero-order chi connectivity index (χ0) is 13.3. The third-order valence-electron chi connectivity index (χ3n) is 2.99. The summed E-state index contributed by atoms with van der Waals surface area (Å²) < 4.78 is 7.42. The van der Waals surface area contributed by atoms with E-state index in [1.54, 1.807) is 0 Å². The molecule has 2 aromatic rings. The lowest BCUT2D eigenvalue weighted by Crippen LogP contribution is -2.24. The maximum atomic E-state index is 5.48. The fourth-order valence-corrected chi connectivity index (χ4v) is 1.89. The van der Waals surface area contributed by atoms with Gasteiger partial charge in [0.05, 0.1) is 18.7 Å². The highest BCUT2D eigenvalue weighted by Gasteiger charge is 2.01. The van der Waals surface area contributed by atoms with Gasteiger partial charge in [-0.3, -0.25) is 0 Å². The lowest BCUT2D eigenvalue weighted by atomic mass is 10.3. The maximum Gasteiger partial charge on any atom is 0.113 e. The number of aromatic nitrogens is 3. The van der Waals surface area contributed by atoms with Crippen LogP contribution in [0.5, 0.6) is 0 Å². The number of ether oxygens (including phenoxy) is 1. The normalized spacial score (nSPS) is 11.2. The molecule has 0 atom stereocenters. The first-order valence-corrected chi connectivity index (χ1v) is 6.98. The first-order valence-electron chi connectivity index (χ1n) is 6.98. The Kier molecular flexibility index (Phi) is 5.78.